The van der Waals surface area contributed by atoms with Crippen molar-refractivity contribution in [1.29, 1.82) is 0 Å². The second kappa shape index (κ2) is 4.42. The van der Waals surface area contributed by atoms with Gasteiger partial charge in [0.05, 0.1) is 0 Å². The highest BCUT2D eigenvalue weighted by Crippen LogP contribution is 2.28. The predicted octanol–water partition coefficient (Wildman–Crippen LogP) is 2.19. The molecule has 2 nitrogen and oxygen atoms in total. The molecule has 86 valence electrons. The van der Waals surface area contributed by atoms with Crippen molar-refractivity contribution in [3.05, 3.63) is 0 Å². The molecule has 2 N–H and O–H groups in total. The van der Waals surface area contributed by atoms with Gasteiger partial charge in [0.15, 0.2) is 0 Å². The van der Waals surface area contributed by atoms with E-state index in [1.807, 2.05) is 0 Å². The van der Waals surface area contributed by atoms with E-state index in [4.69, 9.17) is 0 Å². The van der Waals surface area contributed by atoms with Crippen molar-refractivity contribution in [2.45, 2.75) is 82.0 Å². The van der Waals surface area contributed by atoms with Gasteiger partial charge in [0.1, 0.15) is 0 Å². The van der Waals surface area contributed by atoms with Gasteiger partial charge in [0.25, 0.3) is 0 Å². The molecular formula is C13H24N2. The third-order valence-corrected chi connectivity index (χ3v) is 4.55. The zero-order chi connectivity index (χ0) is 10.1. The van der Waals surface area contributed by atoms with Crippen molar-refractivity contribution in [2.24, 2.45) is 0 Å². The van der Waals surface area contributed by atoms with E-state index in [2.05, 4.69) is 10.6 Å². The summed E-state index contributed by atoms with van der Waals surface area (Å²) in [5.74, 6) is 0. The van der Waals surface area contributed by atoms with Gasteiger partial charge in [0.2, 0.25) is 0 Å². The van der Waals surface area contributed by atoms with Crippen molar-refractivity contribution in [2.75, 3.05) is 0 Å². The van der Waals surface area contributed by atoms with Crippen molar-refractivity contribution in [3.8, 4) is 0 Å². The molecule has 0 radical (unpaired) electrons. The first kappa shape index (κ1) is 10.1. The molecule has 2 saturated heterocycles. The molecule has 2 heteroatoms. The highest BCUT2D eigenvalue weighted by molar-refractivity contribution is 4.95. The second-order valence-corrected chi connectivity index (χ2v) is 5.81. The Morgan fingerprint density at radius 1 is 0.733 bits per heavy atom. The van der Waals surface area contributed by atoms with E-state index in [9.17, 15) is 0 Å². The minimum atomic E-state index is 0.826. The first-order valence-electron chi connectivity index (χ1n) is 6.92. The number of rotatable bonds is 2. The summed E-state index contributed by atoms with van der Waals surface area (Å²) in [6, 6.07) is 3.35. The lowest BCUT2D eigenvalue weighted by atomic mass is 9.92. The molecule has 2 aliphatic heterocycles. The monoisotopic (exact) mass is 208 g/mol. The van der Waals surface area contributed by atoms with Gasteiger partial charge in [0, 0.05) is 24.2 Å². The molecule has 2 heterocycles. The average Bonchev–Trinajstić information content (AvgIpc) is 2.60. The molecular weight excluding hydrogens is 184 g/mol. The highest BCUT2D eigenvalue weighted by atomic mass is 15.1. The Kier molecular flexibility index (Phi) is 2.98. The molecule has 0 aromatic heterocycles. The standard InChI is InChI=1S/C13H24N2/c1-2-4-10(5-3-1)14-13-8-11-6-7-12(9-13)15-11/h10-15H,1-9H2. The molecule has 3 rings (SSSR count). The van der Waals surface area contributed by atoms with Crippen molar-refractivity contribution in [1.82, 2.24) is 10.6 Å². The molecule has 1 aliphatic carbocycles. The summed E-state index contributed by atoms with van der Waals surface area (Å²) in [6.07, 6.45) is 12.8. The molecule has 0 aromatic rings. The summed E-state index contributed by atoms with van der Waals surface area (Å²) in [6.45, 7) is 0. The molecule has 2 unspecified atom stereocenters. The molecule has 0 spiro atoms. The van der Waals surface area contributed by atoms with Crippen LogP contribution in [0.5, 0.6) is 0 Å². The van der Waals surface area contributed by atoms with E-state index in [0.29, 0.717) is 0 Å². The number of piperidine rings is 1. The summed E-state index contributed by atoms with van der Waals surface area (Å²) in [5, 5.41) is 7.64. The molecule has 15 heavy (non-hydrogen) atoms. The van der Waals surface area contributed by atoms with Gasteiger partial charge < -0.3 is 10.6 Å². The average molecular weight is 208 g/mol. The SMILES string of the molecule is C1CCC(NC2CC3CCC(C2)N3)CC1. The Hall–Kier alpha value is -0.0800. The minimum Gasteiger partial charge on any atom is -0.311 e. The number of nitrogens with one attached hydrogen (secondary N) is 2. The van der Waals surface area contributed by atoms with Gasteiger partial charge in [-0.1, -0.05) is 19.3 Å². The van der Waals surface area contributed by atoms with E-state index in [1.54, 1.807) is 0 Å². The maximum Gasteiger partial charge on any atom is 0.00992 e. The van der Waals surface area contributed by atoms with Gasteiger partial charge in [-0.25, -0.2) is 0 Å². The van der Waals surface area contributed by atoms with Crippen LogP contribution in [0.1, 0.15) is 57.8 Å². The second-order valence-electron chi connectivity index (χ2n) is 5.81. The van der Waals surface area contributed by atoms with Crippen LogP contribution in [-0.4, -0.2) is 24.2 Å². The lowest BCUT2D eigenvalue weighted by Gasteiger charge is -2.34. The van der Waals surface area contributed by atoms with Crippen LogP contribution in [0, 0.1) is 0 Å². The number of fused-ring (bicyclic) bond motifs is 2. The molecule has 1 saturated carbocycles. The summed E-state index contributed by atoms with van der Waals surface area (Å²) >= 11 is 0. The fraction of sp³-hybridized carbons (Fsp3) is 1.00. The van der Waals surface area contributed by atoms with E-state index in [-0.39, 0.29) is 0 Å². The fourth-order valence-electron chi connectivity index (χ4n) is 3.80. The molecule has 2 bridgehead atoms. The van der Waals surface area contributed by atoms with Crippen LogP contribution >= 0.6 is 0 Å². The van der Waals surface area contributed by atoms with Crippen LogP contribution in [0.4, 0.5) is 0 Å². The Balaban J connectivity index is 1.50. The first-order valence-corrected chi connectivity index (χ1v) is 6.92. The van der Waals surface area contributed by atoms with Gasteiger partial charge in [-0.05, 0) is 38.5 Å². The smallest absolute Gasteiger partial charge is 0.00992 e. The van der Waals surface area contributed by atoms with Crippen molar-refractivity contribution in [3.63, 3.8) is 0 Å². The maximum atomic E-state index is 3.92. The minimum absolute atomic E-state index is 0.826. The Bertz CT molecular complexity index is 199. The summed E-state index contributed by atoms with van der Waals surface area (Å²) in [5.41, 5.74) is 0. The van der Waals surface area contributed by atoms with Crippen LogP contribution in [0.15, 0.2) is 0 Å². The van der Waals surface area contributed by atoms with Gasteiger partial charge in [-0.15, -0.1) is 0 Å². The quantitative estimate of drug-likeness (QED) is 0.727. The summed E-state index contributed by atoms with van der Waals surface area (Å²) in [4.78, 5) is 0. The Morgan fingerprint density at radius 2 is 1.40 bits per heavy atom. The Morgan fingerprint density at radius 3 is 2.07 bits per heavy atom. The lowest BCUT2D eigenvalue weighted by Crippen LogP contribution is -2.49. The molecule has 3 fully saturated rings. The normalized spacial score (nSPS) is 42.0. The van der Waals surface area contributed by atoms with Crippen LogP contribution < -0.4 is 10.6 Å². The molecule has 3 aliphatic rings. The predicted molar refractivity (Wildman–Crippen MR) is 63.0 cm³/mol. The first-order chi connectivity index (χ1) is 7.40. The summed E-state index contributed by atoms with van der Waals surface area (Å²) in [7, 11) is 0. The molecule has 2 atom stereocenters. The van der Waals surface area contributed by atoms with E-state index < -0.39 is 0 Å². The fourth-order valence-corrected chi connectivity index (χ4v) is 3.80. The molecule has 0 aromatic carbocycles. The third-order valence-electron chi connectivity index (χ3n) is 4.55. The third kappa shape index (κ3) is 2.36. The van der Waals surface area contributed by atoms with Gasteiger partial charge in [-0.2, -0.15) is 0 Å². The topological polar surface area (TPSA) is 24.1 Å². The summed E-state index contributed by atoms with van der Waals surface area (Å²) < 4.78 is 0. The van der Waals surface area contributed by atoms with Gasteiger partial charge in [-0.3, -0.25) is 0 Å². The highest BCUT2D eigenvalue weighted by Gasteiger charge is 2.34. The van der Waals surface area contributed by atoms with Crippen LogP contribution in [0.3, 0.4) is 0 Å². The molecule has 0 amide bonds. The lowest BCUT2D eigenvalue weighted by molar-refractivity contribution is 0.265. The van der Waals surface area contributed by atoms with Crippen LogP contribution in [0.2, 0.25) is 0 Å². The van der Waals surface area contributed by atoms with Crippen LogP contribution in [-0.2, 0) is 0 Å². The van der Waals surface area contributed by atoms with Crippen molar-refractivity contribution >= 4 is 0 Å². The number of hydrogen-bond acceptors (Lipinski definition) is 2. The van der Waals surface area contributed by atoms with Crippen molar-refractivity contribution < 1.29 is 0 Å². The van der Waals surface area contributed by atoms with E-state index >= 15 is 0 Å². The largest absolute Gasteiger partial charge is 0.311 e. The number of hydrogen-bond donors (Lipinski definition) is 2. The van der Waals surface area contributed by atoms with E-state index in [0.717, 1.165) is 24.2 Å². The van der Waals surface area contributed by atoms with Gasteiger partial charge >= 0.3 is 0 Å². The zero-order valence-electron chi connectivity index (χ0n) is 9.67. The zero-order valence-corrected chi connectivity index (χ0v) is 9.67. The maximum absolute atomic E-state index is 3.92. The Labute approximate surface area is 93.2 Å². The van der Waals surface area contributed by atoms with Crippen LogP contribution in [0.25, 0.3) is 0 Å². The van der Waals surface area contributed by atoms with E-state index in [1.165, 1.54) is 57.8 Å².